The van der Waals surface area contributed by atoms with Crippen LogP contribution in [0, 0.1) is 0 Å². The van der Waals surface area contributed by atoms with Gasteiger partial charge in [0.25, 0.3) is 0 Å². The van der Waals surface area contributed by atoms with Crippen molar-refractivity contribution in [1.82, 2.24) is 0 Å². The molecule has 0 aromatic carbocycles. The van der Waals surface area contributed by atoms with Crippen LogP contribution in [0.1, 0.15) is 0 Å². The zero-order valence-electron chi connectivity index (χ0n) is 4.75. The first-order valence-corrected chi connectivity index (χ1v) is 6.36. The van der Waals surface area contributed by atoms with E-state index in [0.29, 0.717) is 4.89 Å². The van der Waals surface area contributed by atoms with Gasteiger partial charge in [-0.05, 0) is 0 Å². The molecule has 2 nitrogen and oxygen atoms in total. The third kappa shape index (κ3) is 6.04. The van der Waals surface area contributed by atoms with Crippen LogP contribution in [0.25, 0.3) is 0 Å². The molecule has 0 atom stereocenters. The van der Waals surface area contributed by atoms with Crippen LogP contribution >= 0.6 is 9.53 Å². The van der Waals surface area contributed by atoms with E-state index in [2.05, 4.69) is 6.58 Å². The van der Waals surface area contributed by atoms with E-state index in [1.807, 2.05) is 0 Å². The average Bonchev–Trinajstić information content (AvgIpc) is 1.63. The first kappa shape index (κ1) is 9.16. The van der Waals surface area contributed by atoms with E-state index in [1.165, 1.54) is 0 Å². The average molecular weight is 242 g/mol. The summed E-state index contributed by atoms with van der Waals surface area (Å²) in [5.41, 5.74) is 0. The number of aliphatic carboxylic acids is 1. The summed E-state index contributed by atoms with van der Waals surface area (Å²) in [4.78, 5) is 10.8. The fourth-order valence-corrected chi connectivity index (χ4v) is 2.31. The molecule has 0 aromatic heterocycles. The molecular weight excluding hydrogens is 234 g/mol. The van der Waals surface area contributed by atoms with Gasteiger partial charge in [-0.2, -0.15) is 0 Å². The Labute approximate surface area is 63.8 Å². The zero-order chi connectivity index (χ0) is 7.28. The molecule has 0 bridgehead atoms. The van der Waals surface area contributed by atoms with Gasteiger partial charge in [-0.3, -0.25) is 0 Å². The van der Waals surface area contributed by atoms with Crippen molar-refractivity contribution >= 4 is 15.5 Å². The molecule has 0 spiro atoms. The third-order valence-corrected chi connectivity index (χ3v) is 3.73. The quantitative estimate of drug-likeness (QED) is 0.603. The second-order valence-corrected chi connectivity index (χ2v) is 6.04. The van der Waals surface area contributed by atoms with E-state index in [9.17, 15) is 4.79 Å². The fourth-order valence-electron chi connectivity index (χ4n) is 0.248. The number of carbonyl (C=O) groups is 1. The molecule has 0 amide bonds. The summed E-state index contributed by atoms with van der Waals surface area (Å²) in [6.45, 7) is 3.46. The molecule has 0 saturated carbocycles. The molecule has 0 rings (SSSR count). The summed E-state index contributed by atoms with van der Waals surface area (Å²) < 4.78 is 0. The van der Waals surface area contributed by atoms with E-state index in [1.54, 1.807) is 6.08 Å². The predicted octanol–water partition coefficient (Wildman–Crippen LogP) is 1.87. The van der Waals surface area contributed by atoms with Crippen LogP contribution in [0.15, 0.2) is 12.7 Å². The van der Waals surface area contributed by atoms with Gasteiger partial charge in [0.05, 0.1) is 0 Å². The summed E-state index contributed by atoms with van der Waals surface area (Å²) in [6.07, 6.45) is 1.66. The second-order valence-electron chi connectivity index (χ2n) is 1.25. The van der Waals surface area contributed by atoms with Gasteiger partial charge in [-0.1, -0.05) is 0 Å². The Morgan fingerprint density at radius 3 is 2.78 bits per heavy atom. The van der Waals surface area contributed by atoms with Gasteiger partial charge in [0.15, 0.2) is 0 Å². The first-order valence-electron chi connectivity index (χ1n) is 2.16. The van der Waals surface area contributed by atoms with Crippen molar-refractivity contribution in [1.29, 1.82) is 0 Å². The molecule has 0 aliphatic rings. The van der Waals surface area contributed by atoms with Crippen molar-refractivity contribution in [3.63, 3.8) is 0 Å². The van der Waals surface area contributed by atoms with Crippen molar-refractivity contribution in [2.75, 3.05) is 0 Å². The molecule has 9 heavy (non-hydrogen) atoms. The van der Waals surface area contributed by atoms with Gasteiger partial charge in [0.2, 0.25) is 0 Å². The first-order chi connectivity index (χ1) is 4.16. The topological polar surface area (TPSA) is 37.3 Å². The second kappa shape index (κ2) is 4.99. The number of carboxylic acid groups (broad SMARTS) is 1. The van der Waals surface area contributed by atoms with Gasteiger partial charge in [0.1, 0.15) is 0 Å². The molecule has 0 heterocycles. The van der Waals surface area contributed by atoms with Crippen LogP contribution in [-0.4, -0.2) is 11.1 Å². The van der Waals surface area contributed by atoms with E-state index in [4.69, 9.17) is 14.6 Å². The van der Waals surface area contributed by atoms with Crippen LogP contribution in [0.5, 0.6) is 0 Å². The molecule has 57 valence electrons. The SMILES string of the molecule is C=C[CH2][Pd]([Cl])[CH2]C(=O)O. The van der Waals surface area contributed by atoms with Gasteiger partial charge in [-0.25, -0.2) is 0 Å². The van der Waals surface area contributed by atoms with E-state index in [-0.39, 0.29) is 4.89 Å². The van der Waals surface area contributed by atoms with Gasteiger partial charge in [0, 0.05) is 0 Å². The summed E-state index contributed by atoms with van der Waals surface area (Å²) in [5, 5.41) is 8.22. The molecule has 0 saturated heterocycles. The Morgan fingerprint density at radius 2 is 2.44 bits per heavy atom. The zero-order valence-corrected chi connectivity index (χ0v) is 7.06. The van der Waals surface area contributed by atoms with Crippen LogP contribution < -0.4 is 0 Å². The maximum absolute atomic E-state index is 9.99. The van der Waals surface area contributed by atoms with Crippen molar-refractivity contribution in [2.24, 2.45) is 0 Å². The van der Waals surface area contributed by atoms with Crippen molar-refractivity contribution in [3.8, 4) is 0 Å². The van der Waals surface area contributed by atoms with E-state index in [0.717, 1.165) is 0 Å². The van der Waals surface area contributed by atoms with Crippen LogP contribution in [0.2, 0.25) is 9.79 Å². The van der Waals surface area contributed by atoms with Crippen LogP contribution in [0.3, 0.4) is 0 Å². The predicted molar refractivity (Wildman–Crippen MR) is 33.3 cm³/mol. The van der Waals surface area contributed by atoms with Crippen molar-refractivity contribution in [3.05, 3.63) is 12.7 Å². The number of carboxylic acids is 1. The molecular formula is C5H8ClO2Pd. The normalized spacial score (nSPS) is 10.6. The van der Waals surface area contributed by atoms with Gasteiger partial charge < -0.3 is 0 Å². The van der Waals surface area contributed by atoms with Crippen LogP contribution in [0.4, 0.5) is 0 Å². The van der Waals surface area contributed by atoms with E-state index < -0.39 is 21.7 Å². The Balaban J connectivity index is 3.37. The summed E-state index contributed by atoms with van der Waals surface area (Å²) in [5.74, 6) is -0.812. The minimum atomic E-state index is -1.31. The van der Waals surface area contributed by atoms with Gasteiger partial charge in [-0.15, -0.1) is 0 Å². The molecule has 4 heteroatoms. The molecule has 0 aliphatic carbocycles. The summed E-state index contributed by atoms with van der Waals surface area (Å²) in [6, 6.07) is 0. The fraction of sp³-hybridized carbons (Fsp3) is 0.400. The molecule has 0 radical (unpaired) electrons. The Kier molecular flexibility index (Phi) is 5.08. The summed E-state index contributed by atoms with van der Waals surface area (Å²) in [7, 11) is 5.64. The monoisotopic (exact) mass is 241 g/mol. The molecule has 1 N–H and O–H groups in total. The Morgan fingerprint density at radius 1 is 1.89 bits per heavy atom. The maximum atomic E-state index is 9.99. The number of hydrogen-bond donors (Lipinski definition) is 1. The molecule has 0 aromatic rings. The van der Waals surface area contributed by atoms with E-state index >= 15 is 0 Å². The number of rotatable bonds is 4. The van der Waals surface area contributed by atoms with Crippen molar-refractivity contribution < 1.29 is 25.6 Å². The summed E-state index contributed by atoms with van der Waals surface area (Å²) >= 11 is -1.31. The number of hydrogen-bond acceptors (Lipinski definition) is 1. The minimum absolute atomic E-state index is 0.124. The van der Waals surface area contributed by atoms with Crippen LogP contribution in [-0.2, 0) is 20.5 Å². The van der Waals surface area contributed by atoms with Gasteiger partial charge >= 0.3 is 63.6 Å². The molecule has 0 fully saturated rings. The van der Waals surface area contributed by atoms with Crippen molar-refractivity contribution in [2.45, 2.75) is 9.79 Å². The number of allylic oxidation sites excluding steroid dienone is 1. The number of halogens is 1. The standard InChI is InChI=1S/C3H5.C2H3O2.ClH.Pd/c1-3-2;1-2(3)4;;/h3H,1-2H2;1H2,(H,3,4);1H;/q;;;+1/p-1. The Hall–Kier alpha value is 0.162. The Bertz CT molecular complexity index is 116. The molecule has 0 aliphatic heterocycles. The third-order valence-electron chi connectivity index (χ3n) is 0.448. The molecule has 0 unspecified atom stereocenters.